The summed E-state index contributed by atoms with van der Waals surface area (Å²) in [5.74, 6) is 0.920. The molecule has 3 aliphatic rings. The number of ether oxygens (including phenoxy) is 2. The molecule has 0 aromatic carbocycles. The second kappa shape index (κ2) is 6.59. The molecule has 1 saturated heterocycles. The van der Waals surface area contributed by atoms with Gasteiger partial charge in [-0.15, -0.1) is 0 Å². The standard InChI is InChI=1S/C17H29N5O2/c1-3-23-13-7-10-21(12-13)16-18-19-20-22(16)14-11-15(24-4-2)17(14)8-5-6-9-17/h13-15H,3-12H2,1-2H3/t13-,14?,15?/m0/s1. The van der Waals surface area contributed by atoms with Crippen molar-refractivity contribution in [3.05, 3.63) is 0 Å². The first-order valence-electron chi connectivity index (χ1n) is 9.54. The molecular formula is C17H29N5O2. The minimum Gasteiger partial charge on any atom is -0.378 e. The summed E-state index contributed by atoms with van der Waals surface area (Å²) in [5, 5.41) is 12.7. The summed E-state index contributed by atoms with van der Waals surface area (Å²) < 4.78 is 13.9. The number of aromatic nitrogens is 4. The van der Waals surface area contributed by atoms with E-state index in [1.165, 1.54) is 25.7 Å². The van der Waals surface area contributed by atoms with E-state index in [1.54, 1.807) is 0 Å². The van der Waals surface area contributed by atoms with Crippen LogP contribution in [0.5, 0.6) is 0 Å². The van der Waals surface area contributed by atoms with Crippen LogP contribution in [-0.2, 0) is 9.47 Å². The van der Waals surface area contributed by atoms with Gasteiger partial charge < -0.3 is 14.4 Å². The second-order valence-electron chi connectivity index (χ2n) is 7.37. The van der Waals surface area contributed by atoms with Gasteiger partial charge in [-0.1, -0.05) is 17.9 Å². The molecule has 1 aliphatic heterocycles. The Hall–Kier alpha value is -1.21. The Kier molecular flexibility index (Phi) is 4.47. The summed E-state index contributed by atoms with van der Waals surface area (Å²) in [6, 6.07) is 0.382. The highest BCUT2D eigenvalue weighted by Gasteiger charge is 2.58. The van der Waals surface area contributed by atoms with Crippen LogP contribution in [0.1, 0.15) is 58.4 Å². The lowest BCUT2D eigenvalue weighted by Gasteiger charge is -2.53. The Morgan fingerprint density at radius 1 is 1.17 bits per heavy atom. The van der Waals surface area contributed by atoms with Crippen molar-refractivity contribution in [1.29, 1.82) is 0 Å². The van der Waals surface area contributed by atoms with Crippen molar-refractivity contribution in [1.82, 2.24) is 20.2 Å². The van der Waals surface area contributed by atoms with E-state index < -0.39 is 0 Å². The van der Waals surface area contributed by atoms with E-state index >= 15 is 0 Å². The van der Waals surface area contributed by atoms with Gasteiger partial charge in [-0.05, 0) is 50.0 Å². The molecule has 1 aromatic rings. The van der Waals surface area contributed by atoms with Gasteiger partial charge >= 0.3 is 0 Å². The number of anilines is 1. The molecule has 0 N–H and O–H groups in total. The van der Waals surface area contributed by atoms with E-state index in [-0.39, 0.29) is 5.41 Å². The van der Waals surface area contributed by atoms with Crippen LogP contribution in [0.3, 0.4) is 0 Å². The highest BCUT2D eigenvalue weighted by atomic mass is 16.5. The minimum atomic E-state index is 0.249. The second-order valence-corrected chi connectivity index (χ2v) is 7.37. The van der Waals surface area contributed by atoms with Crippen molar-refractivity contribution in [2.75, 3.05) is 31.2 Å². The summed E-state index contributed by atoms with van der Waals surface area (Å²) in [5.41, 5.74) is 0.249. The van der Waals surface area contributed by atoms with Crippen molar-refractivity contribution >= 4 is 5.95 Å². The zero-order valence-electron chi connectivity index (χ0n) is 14.9. The zero-order chi connectivity index (χ0) is 16.6. The van der Waals surface area contributed by atoms with Crippen molar-refractivity contribution in [3.63, 3.8) is 0 Å². The van der Waals surface area contributed by atoms with Gasteiger partial charge in [0.2, 0.25) is 5.95 Å². The Bertz CT molecular complexity index is 557. The third-order valence-electron chi connectivity index (χ3n) is 6.25. The molecule has 3 fully saturated rings. The van der Waals surface area contributed by atoms with Crippen LogP contribution in [0.2, 0.25) is 0 Å². The first kappa shape index (κ1) is 16.3. The summed E-state index contributed by atoms with van der Waals surface area (Å²) in [6.45, 7) is 7.58. The third-order valence-corrected chi connectivity index (χ3v) is 6.25. The fourth-order valence-electron chi connectivity index (χ4n) is 5.07. The quantitative estimate of drug-likeness (QED) is 0.794. The van der Waals surface area contributed by atoms with Gasteiger partial charge in [0.25, 0.3) is 0 Å². The maximum atomic E-state index is 6.04. The molecule has 7 heteroatoms. The molecule has 0 amide bonds. The topological polar surface area (TPSA) is 65.3 Å². The van der Waals surface area contributed by atoms with Crippen LogP contribution in [0.4, 0.5) is 5.95 Å². The highest BCUT2D eigenvalue weighted by molar-refractivity contribution is 5.32. The van der Waals surface area contributed by atoms with Crippen molar-refractivity contribution in [2.24, 2.45) is 5.41 Å². The summed E-state index contributed by atoms with van der Waals surface area (Å²) in [6.07, 6.45) is 7.85. The van der Waals surface area contributed by atoms with E-state index in [4.69, 9.17) is 9.47 Å². The number of hydrogen-bond donors (Lipinski definition) is 0. The molecule has 3 atom stereocenters. The number of rotatable bonds is 6. The molecule has 2 unspecified atom stereocenters. The monoisotopic (exact) mass is 335 g/mol. The van der Waals surface area contributed by atoms with E-state index in [1.807, 2.05) is 0 Å². The van der Waals surface area contributed by atoms with E-state index in [2.05, 4.69) is 39.0 Å². The molecule has 0 bridgehead atoms. The fourth-order valence-corrected chi connectivity index (χ4v) is 5.07. The number of nitrogens with zero attached hydrogens (tertiary/aromatic N) is 5. The zero-order valence-corrected chi connectivity index (χ0v) is 14.9. The Morgan fingerprint density at radius 3 is 2.71 bits per heavy atom. The molecule has 7 nitrogen and oxygen atoms in total. The average molecular weight is 335 g/mol. The van der Waals surface area contributed by atoms with E-state index in [0.29, 0.717) is 18.2 Å². The summed E-state index contributed by atoms with van der Waals surface area (Å²) in [7, 11) is 0. The molecule has 2 saturated carbocycles. The molecule has 134 valence electrons. The van der Waals surface area contributed by atoms with E-state index in [9.17, 15) is 0 Å². The van der Waals surface area contributed by atoms with E-state index in [0.717, 1.165) is 45.1 Å². The Morgan fingerprint density at radius 2 is 1.96 bits per heavy atom. The predicted molar refractivity (Wildman–Crippen MR) is 90.0 cm³/mol. The number of tetrazole rings is 1. The third kappa shape index (κ3) is 2.52. The van der Waals surface area contributed by atoms with Gasteiger partial charge in [0.1, 0.15) is 0 Å². The van der Waals surface area contributed by atoms with Crippen LogP contribution in [0.15, 0.2) is 0 Å². The Labute approximate surface area is 143 Å². The van der Waals surface area contributed by atoms with Crippen LogP contribution in [-0.4, -0.2) is 58.7 Å². The first-order chi connectivity index (χ1) is 11.8. The lowest BCUT2D eigenvalue weighted by molar-refractivity contribution is -0.147. The Balaban J connectivity index is 1.53. The van der Waals surface area contributed by atoms with Gasteiger partial charge in [-0.3, -0.25) is 0 Å². The van der Waals surface area contributed by atoms with Crippen LogP contribution in [0, 0.1) is 5.41 Å². The fraction of sp³-hybridized carbons (Fsp3) is 0.941. The van der Waals surface area contributed by atoms with Gasteiger partial charge in [0.15, 0.2) is 0 Å². The first-order valence-corrected chi connectivity index (χ1v) is 9.54. The number of hydrogen-bond acceptors (Lipinski definition) is 6. The van der Waals surface area contributed by atoms with Crippen molar-refractivity contribution < 1.29 is 9.47 Å². The smallest absolute Gasteiger partial charge is 0.245 e. The maximum absolute atomic E-state index is 6.04. The molecule has 2 aliphatic carbocycles. The highest BCUT2D eigenvalue weighted by Crippen LogP contribution is 2.61. The maximum Gasteiger partial charge on any atom is 0.245 e. The van der Waals surface area contributed by atoms with Crippen LogP contribution >= 0.6 is 0 Å². The normalized spacial score (nSPS) is 31.8. The van der Waals surface area contributed by atoms with Gasteiger partial charge in [0.05, 0.1) is 18.2 Å². The average Bonchev–Trinajstić information content (AvgIpc) is 3.30. The van der Waals surface area contributed by atoms with Crippen LogP contribution < -0.4 is 4.90 Å². The molecule has 4 rings (SSSR count). The van der Waals surface area contributed by atoms with Gasteiger partial charge in [0, 0.05) is 31.7 Å². The molecule has 24 heavy (non-hydrogen) atoms. The molecule has 2 heterocycles. The molecule has 0 radical (unpaired) electrons. The molecule has 1 aromatic heterocycles. The molecular weight excluding hydrogens is 306 g/mol. The van der Waals surface area contributed by atoms with Crippen molar-refractivity contribution in [2.45, 2.75) is 70.6 Å². The van der Waals surface area contributed by atoms with Crippen molar-refractivity contribution in [3.8, 4) is 0 Å². The van der Waals surface area contributed by atoms with Gasteiger partial charge in [-0.2, -0.15) is 0 Å². The largest absolute Gasteiger partial charge is 0.378 e. The van der Waals surface area contributed by atoms with Crippen LogP contribution in [0.25, 0.3) is 0 Å². The minimum absolute atomic E-state index is 0.249. The van der Waals surface area contributed by atoms with Gasteiger partial charge in [-0.25, -0.2) is 4.68 Å². The SMILES string of the molecule is CCOC1CC(n2nnnc2N2CC[C@H](OCC)C2)C12CCCC2. The lowest BCUT2D eigenvalue weighted by Crippen LogP contribution is -2.54. The summed E-state index contributed by atoms with van der Waals surface area (Å²) >= 11 is 0. The predicted octanol–water partition coefficient (Wildman–Crippen LogP) is 2.20. The lowest BCUT2D eigenvalue weighted by atomic mass is 9.60. The summed E-state index contributed by atoms with van der Waals surface area (Å²) in [4.78, 5) is 2.29. The molecule has 1 spiro atoms.